The van der Waals surface area contributed by atoms with Crippen LogP contribution in [0.2, 0.25) is 0 Å². The van der Waals surface area contributed by atoms with Crippen molar-refractivity contribution in [1.82, 2.24) is 25.2 Å². The van der Waals surface area contributed by atoms with Crippen molar-refractivity contribution in [3.8, 4) is 0 Å². The van der Waals surface area contributed by atoms with Crippen LogP contribution in [0.1, 0.15) is 41.9 Å². The van der Waals surface area contributed by atoms with Crippen LogP contribution in [0.3, 0.4) is 0 Å². The standard InChI is InChI=1S/C17H22N6O/c1-12(13-2-6-19-7-3-13)23-10-4-14(5-11-23)22-17(24)15-16(18)21-9-8-20-15/h2-3,6-9,12,14H,4-5,10-11H2,1H3,(H2,18,21)(H,22,24). The predicted molar refractivity (Wildman–Crippen MR) is 91.2 cm³/mol. The minimum atomic E-state index is -0.249. The normalized spacial score (nSPS) is 17.4. The summed E-state index contributed by atoms with van der Waals surface area (Å²) < 4.78 is 0. The summed E-state index contributed by atoms with van der Waals surface area (Å²) in [5, 5.41) is 3.02. The van der Waals surface area contributed by atoms with Gasteiger partial charge in [-0.1, -0.05) is 0 Å². The van der Waals surface area contributed by atoms with E-state index in [2.05, 4.69) is 44.2 Å². The monoisotopic (exact) mass is 326 g/mol. The van der Waals surface area contributed by atoms with Crippen LogP contribution >= 0.6 is 0 Å². The van der Waals surface area contributed by atoms with Gasteiger partial charge in [-0.2, -0.15) is 0 Å². The summed E-state index contributed by atoms with van der Waals surface area (Å²) in [6.45, 7) is 4.07. The second kappa shape index (κ2) is 7.35. The van der Waals surface area contributed by atoms with Crippen LogP contribution in [-0.4, -0.2) is 44.9 Å². The topological polar surface area (TPSA) is 97.0 Å². The lowest BCUT2D eigenvalue weighted by atomic mass is 10.0. The number of nitrogens with two attached hydrogens (primary N) is 1. The van der Waals surface area contributed by atoms with Crippen molar-refractivity contribution >= 4 is 11.7 Å². The third-order valence-electron chi connectivity index (χ3n) is 4.54. The average Bonchev–Trinajstić information content (AvgIpc) is 2.63. The number of nitrogens with zero attached hydrogens (tertiary/aromatic N) is 4. The quantitative estimate of drug-likeness (QED) is 0.882. The molecule has 3 rings (SSSR count). The Hall–Kier alpha value is -2.54. The zero-order valence-corrected chi connectivity index (χ0v) is 13.7. The molecule has 0 bridgehead atoms. The van der Waals surface area contributed by atoms with Crippen LogP contribution in [0.15, 0.2) is 36.9 Å². The van der Waals surface area contributed by atoms with E-state index in [1.165, 1.54) is 18.0 Å². The minimum absolute atomic E-state index is 0.139. The SMILES string of the molecule is CC(c1ccncc1)N1CCC(NC(=O)c2nccnc2N)CC1. The number of piperidine rings is 1. The minimum Gasteiger partial charge on any atom is -0.382 e. The summed E-state index contributed by atoms with van der Waals surface area (Å²) >= 11 is 0. The van der Waals surface area contributed by atoms with Gasteiger partial charge in [0.05, 0.1) is 0 Å². The number of carbonyl (C=O) groups excluding carboxylic acids is 1. The van der Waals surface area contributed by atoms with Crippen LogP contribution in [0.4, 0.5) is 5.82 Å². The number of hydrogen-bond donors (Lipinski definition) is 2. The van der Waals surface area contributed by atoms with Crippen molar-refractivity contribution in [2.45, 2.75) is 31.8 Å². The van der Waals surface area contributed by atoms with Gasteiger partial charge in [-0.25, -0.2) is 9.97 Å². The maximum atomic E-state index is 12.3. The maximum absolute atomic E-state index is 12.3. The Labute approximate surface area is 141 Å². The van der Waals surface area contributed by atoms with Crippen molar-refractivity contribution in [3.05, 3.63) is 48.2 Å². The van der Waals surface area contributed by atoms with E-state index in [4.69, 9.17) is 5.73 Å². The molecule has 0 aliphatic carbocycles. The molecule has 0 radical (unpaired) electrons. The molecule has 1 unspecified atom stereocenters. The number of hydrogen-bond acceptors (Lipinski definition) is 6. The van der Waals surface area contributed by atoms with Gasteiger partial charge in [-0.15, -0.1) is 0 Å². The zero-order chi connectivity index (χ0) is 16.9. The molecule has 24 heavy (non-hydrogen) atoms. The fourth-order valence-corrected chi connectivity index (χ4v) is 3.06. The van der Waals surface area contributed by atoms with Crippen LogP contribution < -0.4 is 11.1 Å². The molecule has 3 heterocycles. The lowest BCUT2D eigenvalue weighted by molar-refractivity contribution is 0.0891. The van der Waals surface area contributed by atoms with Crippen LogP contribution in [0.5, 0.6) is 0 Å². The molecule has 0 spiro atoms. The molecule has 7 heteroatoms. The van der Waals surface area contributed by atoms with E-state index >= 15 is 0 Å². The van der Waals surface area contributed by atoms with Gasteiger partial charge in [-0.05, 0) is 37.5 Å². The lowest BCUT2D eigenvalue weighted by Gasteiger charge is -2.36. The smallest absolute Gasteiger partial charge is 0.273 e. The first-order valence-corrected chi connectivity index (χ1v) is 8.16. The summed E-state index contributed by atoms with van der Waals surface area (Å²) in [6, 6.07) is 4.59. The van der Waals surface area contributed by atoms with E-state index in [9.17, 15) is 4.79 Å². The summed E-state index contributed by atoms with van der Waals surface area (Å²) in [5.41, 5.74) is 7.17. The summed E-state index contributed by atoms with van der Waals surface area (Å²) in [4.78, 5) is 26.7. The third kappa shape index (κ3) is 3.68. The Kier molecular flexibility index (Phi) is 5.00. The van der Waals surface area contributed by atoms with E-state index in [-0.39, 0.29) is 23.5 Å². The molecule has 7 nitrogen and oxygen atoms in total. The summed E-state index contributed by atoms with van der Waals surface area (Å²) in [6.07, 6.45) is 8.41. The molecule has 3 N–H and O–H groups in total. The fraction of sp³-hybridized carbons (Fsp3) is 0.412. The van der Waals surface area contributed by atoms with E-state index in [1.807, 2.05) is 12.4 Å². The number of anilines is 1. The molecule has 2 aromatic heterocycles. The predicted octanol–water partition coefficient (Wildman–Crippen LogP) is 1.41. The number of likely N-dealkylation sites (tertiary alicyclic amines) is 1. The number of pyridine rings is 1. The van der Waals surface area contributed by atoms with Crippen molar-refractivity contribution in [2.24, 2.45) is 0 Å². The molecule has 0 saturated carbocycles. The molecule has 1 aliphatic heterocycles. The molecule has 1 atom stereocenters. The van der Waals surface area contributed by atoms with E-state index in [0.717, 1.165) is 25.9 Å². The first-order chi connectivity index (χ1) is 11.6. The Morgan fingerprint density at radius 2 is 1.88 bits per heavy atom. The van der Waals surface area contributed by atoms with Crippen molar-refractivity contribution in [1.29, 1.82) is 0 Å². The zero-order valence-electron chi connectivity index (χ0n) is 13.7. The summed E-state index contributed by atoms with van der Waals surface area (Å²) in [7, 11) is 0. The highest BCUT2D eigenvalue weighted by Gasteiger charge is 2.25. The highest BCUT2D eigenvalue weighted by molar-refractivity contribution is 5.96. The number of rotatable bonds is 4. The molecule has 2 aromatic rings. The summed E-state index contributed by atoms with van der Waals surface area (Å²) in [5.74, 6) is -0.0834. The molecule has 126 valence electrons. The van der Waals surface area contributed by atoms with Crippen molar-refractivity contribution in [2.75, 3.05) is 18.8 Å². The Morgan fingerprint density at radius 1 is 1.21 bits per heavy atom. The van der Waals surface area contributed by atoms with Crippen molar-refractivity contribution < 1.29 is 4.79 Å². The molecule has 1 amide bonds. The van der Waals surface area contributed by atoms with Gasteiger partial charge >= 0.3 is 0 Å². The molecular formula is C17H22N6O. The first-order valence-electron chi connectivity index (χ1n) is 8.16. The second-order valence-corrected chi connectivity index (χ2v) is 6.03. The third-order valence-corrected chi connectivity index (χ3v) is 4.54. The lowest BCUT2D eigenvalue weighted by Crippen LogP contribution is -2.45. The number of carbonyl (C=O) groups is 1. The average molecular weight is 326 g/mol. The molecule has 1 saturated heterocycles. The number of amides is 1. The number of nitrogens with one attached hydrogen (secondary N) is 1. The second-order valence-electron chi connectivity index (χ2n) is 6.03. The molecule has 1 aliphatic rings. The van der Waals surface area contributed by atoms with E-state index in [0.29, 0.717) is 6.04 Å². The van der Waals surface area contributed by atoms with Gasteiger partial charge in [-0.3, -0.25) is 14.7 Å². The molecular weight excluding hydrogens is 304 g/mol. The largest absolute Gasteiger partial charge is 0.382 e. The van der Waals surface area contributed by atoms with E-state index in [1.54, 1.807) is 0 Å². The van der Waals surface area contributed by atoms with Gasteiger partial charge in [0.1, 0.15) is 0 Å². The highest BCUT2D eigenvalue weighted by atomic mass is 16.2. The maximum Gasteiger partial charge on any atom is 0.273 e. The Balaban J connectivity index is 1.54. The van der Waals surface area contributed by atoms with Gasteiger partial charge in [0.25, 0.3) is 5.91 Å². The molecule has 1 fully saturated rings. The van der Waals surface area contributed by atoms with Gasteiger partial charge in [0.2, 0.25) is 0 Å². The van der Waals surface area contributed by atoms with Crippen LogP contribution in [0, 0.1) is 0 Å². The Bertz CT molecular complexity index is 684. The number of aromatic nitrogens is 3. The van der Waals surface area contributed by atoms with Crippen molar-refractivity contribution in [3.63, 3.8) is 0 Å². The van der Waals surface area contributed by atoms with Gasteiger partial charge < -0.3 is 11.1 Å². The molecule has 0 aromatic carbocycles. The van der Waals surface area contributed by atoms with Gasteiger partial charge in [0, 0.05) is 50.0 Å². The van der Waals surface area contributed by atoms with Crippen LogP contribution in [0.25, 0.3) is 0 Å². The van der Waals surface area contributed by atoms with Crippen LogP contribution in [-0.2, 0) is 0 Å². The Morgan fingerprint density at radius 3 is 2.54 bits per heavy atom. The van der Waals surface area contributed by atoms with E-state index < -0.39 is 0 Å². The van der Waals surface area contributed by atoms with Gasteiger partial charge in [0.15, 0.2) is 11.5 Å². The fourth-order valence-electron chi connectivity index (χ4n) is 3.06. The first kappa shape index (κ1) is 16.3. The highest BCUT2D eigenvalue weighted by Crippen LogP contribution is 2.23. The number of nitrogen functional groups attached to an aromatic ring is 1.